The number of hydrogen-bond donors (Lipinski definition) is 2. The van der Waals surface area contributed by atoms with E-state index >= 15 is 0 Å². The van der Waals surface area contributed by atoms with E-state index in [2.05, 4.69) is 10.5 Å². The summed E-state index contributed by atoms with van der Waals surface area (Å²) in [6.45, 7) is 2.13. The number of aryl methyl sites for hydroxylation is 1. The Labute approximate surface area is 117 Å². The second-order valence-corrected chi connectivity index (χ2v) is 5.57. The quantitative estimate of drug-likeness (QED) is 0.868. The van der Waals surface area contributed by atoms with E-state index in [4.69, 9.17) is 16.1 Å². The number of nitrogens with one attached hydrogen (secondary N) is 1. The van der Waals surface area contributed by atoms with Crippen LogP contribution in [0.3, 0.4) is 0 Å². The molecule has 0 aliphatic heterocycles. The first kappa shape index (κ1) is 14.3. The second-order valence-electron chi connectivity index (χ2n) is 5.23. The average molecular weight is 287 g/mol. The minimum atomic E-state index is -0.708. The monoisotopic (exact) mass is 286 g/mol. The van der Waals surface area contributed by atoms with Crippen molar-refractivity contribution in [2.45, 2.75) is 51.0 Å². The lowest BCUT2D eigenvalue weighted by atomic mass is 10.0. The highest BCUT2D eigenvalue weighted by Gasteiger charge is 2.31. The molecule has 0 saturated heterocycles. The molecule has 1 aromatic heterocycles. The van der Waals surface area contributed by atoms with Crippen LogP contribution < -0.4 is 5.32 Å². The molecule has 6 heteroatoms. The molecule has 5 nitrogen and oxygen atoms in total. The van der Waals surface area contributed by atoms with E-state index in [9.17, 15) is 9.90 Å². The summed E-state index contributed by atoms with van der Waals surface area (Å²) in [5.74, 6) is -0.0861. The van der Waals surface area contributed by atoms with Crippen LogP contribution in [0, 0.1) is 6.92 Å². The van der Waals surface area contributed by atoms with Crippen LogP contribution in [0.15, 0.2) is 4.52 Å². The number of carbonyl (C=O) groups excluding carboxylic acids is 1. The van der Waals surface area contributed by atoms with Crippen LogP contribution in [-0.2, 0) is 11.2 Å². The average Bonchev–Trinajstić information content (AvgIpc) is 2.93. The van der Waals surface area contributed by atoms with E-state index in [1.807, 2.05) is 0 Å². The molecular weight excluding hydrogens is 268 g/mol. The molecule has 19 heavy (non-hydrogen) atoms. The van der Waals surface area contributed by atoms with Gasteiger partial charge in [0.25, 0.3) is 0 Å². The van der Waals surface area contributed by atoms with Crippen molar-refractivity contribution in [2.75, 3.05) is 6.54 Å². The number of nitrogens with zero attached hydrogens (tertiary/aromatic N) is 1. The first-order valence-electron chi connectivity index (χ1n) is 6.60. The standard InChI is InChI=1S/C13H19ClN2O3/c1-9-10(12(14)19-16-9)4-5-11(17)15-8-13(18)6-2-3-7-13/h18H,2-8H2,1H3,(H,15,17). The van der Waals surface area contributed by atoms with Gasteiger partial charge in [-0.15, -0.1) is 0 Å². The summed E-state index contributed by atoms with van der Waals surface area (Å²) < 4.78 is 4.83. The normalized spacial score (nSPS) is 17.6. The fraction of sp³-hybridized carbons (Fsp3) is 0.692. The molecule has 1 aliphatic carbocycles. The zero-order chi connectivity index (χ0) is 13.9. The third-order valence-corrected chi connectivity index (χ3v) is 3.98. The Hall–Kier alpha value is -1.07. The van der Waals surface area contributed by atoms with Crippen molar-refractivity contribution in [1.29, 1.82) is 0 Å². The van der Waals surface area contributed by atoms with Crippen LogP contribution in [0.2, 0.25) is 5.22 Å². The smallest absolute Gasteiger partial charge is 0.229 e. The Balaban J connectivity index is 1.76. The van der Waals surface area contributed by atoms with Gasteiger partial charge in [0.1, 0.15) is 0 Å². The third-order valence-electron chi connectivity index (χ3n) is 3.69. The number of hydrogen-bond acceptors (Lipinski definition) is 4. The summed E-state index contributed by atoms with van der Waals surface area (Å²) in [5, 5.41) is 16.9. The fourth-order valence-electron chi connectivity index (χ4n) is 2.44. The largest absolute Gasteiger partial charge is 0.388 e. The van der Waals surface area contributed by atoms with Crippen LogP contribution in [0.1, 0.15) is 43.4 Å². The highest BCUT2D eigenvalue weighted by Crippen LogP contribution is 2.28. The molecule has 1 aromatic rings. The first-order valence-corrected chi connectivity index (χ1v) is 6.98. The first-order chi connectivity index (χ1) is 9.00. The van der Waals surface area contributed by atoms with Gasteiger partial charge in [0.15, 0.2) is 0 Å². The van der Waals surface area contributed by atoms with Crippen molar-refractivity contribution in [3.8, 4) is 0 Å². The van der Waals surface area contributed by atoms with Gasteiger partial charge in [-0.2, -0.15) is 0 Å². The van der Waals surface area contributed by atoms with Crippen molar-refractivity contribution in [1.82, 2.24) is 10.5 Å². The van der Waals surface area contributed by atoms with Gasteiger partial charge >= 0.3 is 0 Å². The lowest BCUT2D eigenvalue weighted by molar-refractivity contribution is -0.122. The minimum absolute atomic E-state index is 0.0861. The van der Waals surface area contributed by atoms with Gasteiger partial charge in [0.05, 0.1) is 11.3 Å². The molecule has 0 bridgehead atoms. The number of rotatable bonds is 5. The lowest BCUT2D eigenvalue weighted by Gasteiger charge is -2.22. The number of halogens is 1. The van der Waals surface area contributed by atoms with E-state index in [0.717, 1.165) is 31.2 Å². The molecule has 0 aromatic carbocycles. The minimum Gasteiger partial charge on any atom is -0.388 e. The van der Waals surface area contributed by atoms with E-state index in [-0.39, 0.29) is 11.1 Å². The number of amides is 1. The van der Waals surface area contributed by atoms with Crippen LogP contribution in [0.5, 0.6) is 0 Å². The van der Waals surface area contributed by atoms with E-state index < -0.39 is 5.60 Å². The zero-order valence-electron chi connectivity index (χ0n) is 11.0. The van der Waals surface area contributed by atoms with Gasteiger partial charge in [-0.25, -0.2) is 0 Å². The Kier molecular flexibility index (Phi) is 4.47. The number of aliphatic hydroxyl groups is 1. The molecule has 2 rings (SSSR count). The second kappa shape index (κ2) is 5.92. The molecule has 1 amide bonds. The summed E-state index contributed by atoms with van der Waals surface area (Å²) in [7, 11) is 0. The third kappa shape index (κ3) is 3.70. The SMILES string of the molecule is Cc1noc(Cl)c1CCC(=O)NCC1(O)CCCC1. The topological polar surface area (TPSA) is 75.4 Å². The van der Waals surface area contributed by atoms with Crippen LogP contribution >= 0.6 is 11.6 Å². The van der Waals surface area contributed by atoms with Gasteiger partial charge in [-0.05, 0) is 37.8 Å². The Bertz CT molecular complexity index is 433. The highest BCUT2D eigenvalue weighted by molar-refractivity contribution is 6.29. The highest BCUT2D eigenvalue weighted by atomic mass is 35.5. The maximum atomic E-state index is 11.7. The molecule has 2 N–H and O–H groups in total. The number of aromatic nitrogens is 1. The Morgan fingerprint density at radius 1 is 1.53 bits per heavy atom. The molecule has 0 unspecified atom stereocenters. The van der Waals surface area contributed by atoms with E-state index in [1.165, 1.54) is 0 Å². The molecule has 0 atom stereocenters. The van der Waals surface area contributed by atoms with Gasteiger partial charge in [-0.1, -0.05) is 18.0 Å². The molecular formula is C13H19ClN2O3. The van der Waals surface area contributed by atoms with Crippen LogP contribution in [-0.4, -0.2) is 28.3 Å². The number of carbonyl (C=O) groups is 1. The van der Waals surface area contributed by atoms with Crippen LogP contribution in [0.25, 0.3) is 0 Å². The molecule has 1 heterocycles. The molecule has 1 aliphatic rings. The maximum absolute atomic E-state index is 11.7. The van der Waals surface area contributed by atoms with E-state index in [0.29, 0.717) is 25.1 Å². The zero-order valence-corrected chi connectivity index (χ0v) is 11.8. The van der Waals surface area contributed by atoms with Gasteiger partial charge in [0.2, 0.25) is 11.1 Å². The summed E-state index contributed by atoms with van der Waals surface area (Å²) in [4.78, 5) is 11.7. The molecule has 106 valence electrons. The van der Waals surface area contributed by atoms with Crippen LogP contribution in [0.4, 0.5) is 0 Å². The summed E-state index contributed by atoms with van der Waals surface area (Å²) >= 11 is 5.83. The van der Waals surface area contributed by atoms with Crippen molar-refractivity contribution >= 4 is 17.5 Å². The van der Waals surface area contributed by atoms with Crippen molar-refractivity contribution < 1.29 is 14.4 Å². The van der Waals surface area contributed by atoms with Crippen molar-refractivity contribution in [2.24, 2.45) is 0 Å². The summed E-state index contributed by atoms with van der Waals surface area (Å²) in [5.41, 5.74) is 0.782. The summed E-state index contributed by atoms with van der Waals surface area (Å²) in [6.07, 6.45) is 4.41. The fourth-order valence-corrected chi connectivity index (χ4v) is 2.71. The Morgan fingerprint density at radius 2 is 2.21 bits per heavy atom. The van der Waals surface area contributed by atoms with Gasteiger partial charge in [0, 0.05) is 18.5 Å². The molecule has 1 saturated carbocycles. The van der Waals surface area contributed by atoms with Crippen molar-refractivity contribution in [3.63, 3.8) is 0 Å². The molecule has 0 spiro atoms. The van der Waals surface area contributed by atoms with Gasteiger partial charge in [-0.3, -0.25) is 4.79 Å². The Morgan fingerprint density at radius 3 is 2.79 bits per heavy atom. The molecule has 1 fully saturated rings. The summed E-state index contributed by atoms with van der Waals surface area (Å²) in [6, 6.07) is 0. The predicted molar refractivity (Wildman–Crippen MR) is 71.0 cm³/mol. The van der Waals surface area contributed by atoms with Crippen molar-refractivity contribution in [3.05, 3.63) is 16.5 Å². The van der Waals surface area contributed by atoms with Gasteiger partial charge < -0.3 is 14.9 Å². The maximum Gasteiger partial charge on any atom is 0.229 e. The molecule has 0 radical (unpaired) electrons. The lowest BCUT2D eigenvalue weighted by Crippen LogP contribution is -2.40. The van der Waals surface area contributed by atoms with E-state index in [1.54, 1.807) is 6.92 Å². The predicted octanol–water partition coefficient (Wildman–Crippen LogP) is 1.99.